The molecule has 0 spiro atoms. The van der Waals surface area contributed by atoms with Crippen LogP contribution < -0.4 is 15.4 Å². The second-order valence-corrected chi connectivity index (χ2v) is 9.21. The van der Waals surface area contributed by atoms with Gasteiger partial charge in [-0.25, -0.2) is 0 Å². The highest BCUT2D eigenvalue weighted by molar-refractivity contribution is 9.10. The van der Waals surface area contributed by atoms with Crippen LogP contribution in [0.3, 0.4) is 0 Å². The van der Waals surface area contributed by atoms with Gasteiger partial charge in [-0.1, -0.05) is 13.0 Å². The quantitative estimate of drug-likeness (QED) is 0.403. The number of benzene rings is 2. The predicted molar refractivity (Wildman–Crippen MR) is 136 cm³/mol. The highest BCUT2D eigenvalue weighted by atomic mass is 79.9. The number of hydrogen-bond acceptors (Lipinski definition) is 5. The predicted octanol–water partition coefficient (Wildman–Crippen LogP) is 4.47. The van der Waals surface area contributed by atoms with Crippen LogP contribution in [0, 0.1) is 5.92 Å². The Labute approximate surface area is 207 Å². The van der Waals surface area contributed by atoms with E-state index >= 15 is 0 Å². The number of thiocarbonyl (C=S) groups is 1. The smallest absolute Gasteiger partial charge is 0.257 e. The third kappa shape index (κ3) is 7.25. The van der Waals surface area contributed by atoms with Gasteiger partial charge in [0.05, 0.1) is 11.1 Å². The van der Waals surface area contributed by atoms with Crippen molar-refractivity contribution < 1.29 is 19.1 Å². The number of nitrogens with one attached hydrogen (secondary N) is 2. The monoisotopic (exact) mass is 533 g/mol. The Morgan fingerprint density at radius 1 is 1.12 bits per heavy atom. The molecule has 9 heteroatoms. The van der Waals surface area contributed by atoms with Gasteiger partial charge in [0, 0.05) is 37.0 Å². The van der Waals surface area contributed by atoms with E-state index < -0.39 is 0 Å². The van der Waals surface area contributed by atoms with E-state index in [0.717, 1.165) is 25.9 Å². The fourth-order valence-electron chi connectivity index (χ4n) is 3.46. The number of halogens is 1. The Kier molecular flexibility index (Phi) is 9.22. The zero-order valence-electron chi connectivity index (χ0n) is 18.7. The van der Waals surface area contributed by atoms with Gasteiger partial charge >= 0.3 is 0 Å². The summed E-state index contributed by atoms with van der Waals surface area (Å²) in [5.41, 5.74) is 1.66. The largest absolute Gasteiger partial charge is 0.490 e. The van der Waals surface area contributed by atoms with Gasteiger partial charge in [0.25, 0.3) is 11.8 Å². The fourth-order valence-corrected chi connectivity index (χ4v) is 4.16. The van der Waals surface area contributed by atoms with Crippen molar-refractivity contribution in [1.29, 1.82) is 0 Å². The molecule has 0 atom stereocenters. The highest BCUT2D eigenvalue weighted by Crippen LogP contribution is 2.26. The lowest BCUT2D eigenvalue weighted by Gasteiger charge is -2.30. The first kappa shape index (κ1) is 25.1. The maximum Gasteiger partial charge on any atom is 0.257 e. The van der Waals surface area contributed by atoms with E-state index in [-0.39, 0.29) is 16.9 Å². The van der Waals surface area contributed by atoms with Gasteiger partial charge in [0.1, 0.15) is 12.4 Å². The molecular formula is C24H28BrN3O4S. The van der Waals surface area contributed by atoms with Crippen molar-refractivity contribution in [3.05, 3.63) is 58.1 Å². The molecule has 0 bridgehead atoms. The van der Waals surface area contributed by atoms with Crippen LogP contribution in [0.2, 0.25) is 0 Å². The Morgan fingerprint density at radius 2 is 1.88 bits per heavy atom. The van der Waals surface area contributed by atoms with Crippen molar-refractivity contribution in [3.8, 4) is 5.75 Å². The van der Waals surface area contributed by atoms with Crippen LogP contribution in [0.15, 0.2) is 46.9 Å². The lowest BCUT2D eigenvalue weighted by Crippen LogP contribution is -2.38. The van der Waals surface area contributed by atoms with Crippen molar-refractivity contribution in [2.75, 3.05) is 38.7 Å². The maximum absolute atomic E-state index is 12.8. The van der Waals surface area contributed by atoms with Crippen LogP contribution in [0.4, 0.5) is 5.69 Å². The van der Waals surface area contributed by atoms with Crippen LogP contribution >= 0.6 is 28.1 Å². The van der Waals surface area contributed by atoms with Crippen molar-refractivity contribution in [2.45, 2.75) is 19.8 Å². The maximum atomic E-state index is 12.8. The van der Waals surface area contributed by atoms with E-state index in [1.165, 1.54) is 0 Å². The highest BCUT2D eigenvalue weighted by Gasteiger charge is 2.21. The van der Waals surface area contributed by atoms with Crippen LogP contribution in [0.5, 0.6) is 5.75 Å². The minimum absolute atomic E-state index is 0.0122. The lowest BCUT2D eigenvalue weighted by molar-refractivity contribution is 0.0697. The molecule has 2 amide bonds. The van der Waals surface area contributed by atoms with Crippen molar-refractivity contribution in [2.24, 2.45) is 5.92 Å². The average Bonchev–Trinajstić information content (AvgIpc) is 2.80. The summed E-state index contributed by atoms with van der Waals surface area (Å²) in [6.07, 6.45) is 2.05. The van der Waals surface area contributed by atoms with Gasteiger partial charge in [0.15, 0.2) is 5.11 Å². The second-order valence-electron chi connectivity index (χ2n) is 7.95. The number of rotatable bonds is 7. The number of nitrogens with zero attached hydrogens (tertiary/aromatic N) is 1. The first-order valence-corrected chi connectivity index (χ1v) is 12.0. The minimum Gasteiger partial charge on any atom is -0.490 e. The molecule has 2 aromatic carbocycles. The standard InChI is InChI=1S/C24H28BrN3O4S/c1-16-8-10-28(11-9-16)23(30)18-4-3-5-19(14-18)26-24(33)27-22(29)17-6-7-21(20(25)15-17)32-13-12-31-2/h3-7,14-16H,8-13H2,1-2H3,(H2,26,27,29,33). The molecule has 2 aromatic rings. The first-order chi connectivity index (χ1) is 15.9. The number of carbonyl (C=O) groups excluding carboxylic acids is 2. The van der Waals surface area contributed by atoms with Gasteiger partial charge in [-0.3, -0.25) is 14.9 Å². The van der Waals surface area contributed by atoms with Crippen LogP contribution in [0.1, 0.15) is 40.5 Å². The van der Waals surface area contributed by atoms with E-state index in [1.54, 1.807) is 49.6 Å². The van der Waals surface area contributed by atoms with E-state index in [9.17, 15) is 9.59 Å². The minimum atomic E-state index is -0.355. The molecule has 1 heterocycles. The number of hydrogen-bond donors (Lipinski definition) is 2. The molecule has 33 heavy (non-hydrogen) atoms. The van der Waals surface area contributed by atoms with Gasteiger partial charge in [-0.15, -0.1) is 0 Å². The summed E-state index contributed by atoms with van der Waals surface area (Å²) in [5, 5.41) is 5.80. The van der Waals surface area contributed by atoms with Gasteiger partial charge in [-0.2, -0.15) is 0 Å². The normalized spacial score (nSPS) is 14.0. The van der Waals surface area contributed by atoms with Crippen LogP contribution in [-0.2, 0) is 4.74 Å². The van der Waals surface area contributed by atoms with Gasteiger partial charge < -0.3 is 19.7 Å². The van der Waals surface area contributed by atoms with E-state index in [1.807, 2.05) is 4.90 Å². The van der Waals surface area contributed by atoms with Crippen molar-refractivity contribution in [3.63, 3.8) is 0 Å². The average molecular weight is 534 g/mol. The summed E-state index contributed by atoms with van der Waals surface area (Å²) in [5.74, 6) is 0.932. The van der Waals surface area contributed by atoms with E-state index in [0.29, 0.717) is 46.2 Å². The lowest BCUT2D eigenvalue weighted by atomic mass is 9.98. The Hall–Kier alpha value is -2.49. The van der Waals surface area contributed by atoms with E-state index in [2.05, 4.69) is 33.5 Å². The Balaban J connectivity index is 1.57. The molecule has 1 saturated heterocycles. The number of piperidine rings is 1. The molecule has 0 aliphatic carbocycles. The van der Waals surface area contributed by atoms with Crippen molar-refractivity contribution >= 4 is 50.8 Å². The van der Waals surface area contributed by atoms with Gasteiger partial charge in [0.2, 0.25) is 0 Å². The molecule has 0 unspecified atom stereocenters. The number of amides is 2. The Bertz CT molecular complexity index is 1010. The number of ether oxygens (including phenoxy) is 2. The summed E-state index contributed by atoms with van der Waals surface area (Å²) in [7, 11) is 1.60. The zero-order chi connectivity index (χ0) is 23.8. The molecule has 1 fully saturated rings. The molecule has 3 rings (SSSR count). The van der Waals surface area contributed by atoms with Crippen LogP contribution in [-0.4, -0.2) is 55.2 Å². The van der Waals surface area contributed by atoms with Gasteiger partial charge in [-0.05, 0) is 83.3 Å². The Morgan fingerprint density at radius 3 is 2.58 bits per heavy atom. The fraction of sp³-hybridized carbons (Fsp3) is 0.375. The summed E-state index contributed by atoms with van der Waals surface area (Å²) in [6, 6.07) is 12.2. The molecule has 2 N–H and O–H groups in total. The molecule has 0 aromatic heterocycles. The molecule has 0 radical (unpaired) electrons. The number of carbonyl (C=O) groups is 2. The summed E-state index contributed by atoms with van der Waals surface area (Å²) in [4.78, 5) is 27.3. The molecule has 1 aliphatic heterocycles. The zero-order valence-corrected chi connectivity index (χ0v) is 21.1. The second kappa shape index (κ2) is 12.1. The number of anilines is 1. The van der Waals surface area contributed by atoms with Crippen LogP contribution in [0.25, 0.3) is 0 Å². The molecular weight excluding hydrogens is 506 g/mol. The molecule has 7 nitrogen and oxygen atoms in total. The number of methoxy groups -OCH3 is 1. The number of likely N-dealkylation sites (tertiary alicyclic amines) is 1. The molecule has 0 saturated carbocycles. The van der Waals surface area contributed by atoms with E-state index in [4.69, 9.17) is 21.7 Å². The third-order valence-electron chi connectivity index (χ3n) is 5.40. The summed E-state index contributed by atoms with van der Waals surface area (Å²) >= 11 is 8.71. The topological polar surface area (TPSA) is 79.9 Å². The van der Waals surface area contributed by atoms with Crippen molar-refractivity contribution in [1.82, 2.24) is 10.2 Å². The molecule has 1 aliphatic rings. The first-order valence-electron chi connectivity index (χ1n) is 10.8. The third-order valence-corrected chi connectivity index (χ3v) is 6.23. The summed E-state index contributed by atoms with van der Waals surface area (Å²) in [6.45, 7) is 4.65. The molecule has 176 valence electrons. The summed E-state index contributed by atoms with van der Waals surface area (Å²) < 4.78 is 11.2. The SMILES string of the molecule is COCCOc1ccc(C(=O)NC(=S)Nc2cccc(C(=O)N3CCC(C)CC3)c2)cc1Br.